The molecule has 1 unspecified atom stereocenters. The van der Waals surface area contributed by atoms with Crippen LogP contribution in [0.3, 0.4) is 0 Å². The van der Waals surface area contributed by atoms with E-state index >= 15 is 0 Å². The molecule has 0 spiro atoms. The van der Waals surface area contributed by atoms with Crippen LogP contribution in [0.2, 0.25) is 0 Å². The van der Waals surface area contributed by atoms with Crippen LogP contribution in [-0.4, -0.2) is 47.2 Å². The number of benzene rings is 2. The highest BCUT2D eigenvalue weighted by atomic mass is 32.2. The largest absolute Gasteiger partial charge is 0.466 e. The summed E-state index contributed by atoms with van der Waals surface area (Å²) in [5.74, 6) is -0.848. The number of sulfonamides is 1. The van der Waals surface area contributed by atoms with Gasteiger partial charge in [-0.05, 0) is 36.8 Å². The van der Waals surface area contributed by atoms with Gasteiger partial charge in [-0.3, -0.25) is 9.59 Å². The summed E-state index contributed by atoms with van der Waals surface area (Å²) in [6.45, 7) is 2.37. The highest BCUT2D eigenvalue weighted by Gasteiger charge is 2.20. The molecule has 0 heterocycles. The Hall–Kier alpha value is -2.75. The van der Waals surface area contributed by atoms with Gasteiger partial charge in [0.05, 0.1) is 30.6 Å². The Labute approximate surface area is 176 Å². The van der Waals surface area contributed by atoms with E-state index in [4.69, 9.17) is 9.47 Å². The third-order valence-corrected chi connectivity index (χ3v) is 5.69. The van der Waals surface area contributed by atoms with Gasteiger partial charge in [0.2, 0.25) is 10.0 Å². The van der Waals surface area contributed by atoms with Crippen molar-refractivity contribution in [3.05, 3.63) is 65.7 Å². The standard InChI is InChI=1S/C21H26N2O6S/c1-3-29-20(24)15-19(16-7-5-4-6-8-16)23-21(25)17-9-11-18(12-10-17)30(26,27)22-13-14-28-2/h4-12,19,22H,3,13-15H2,1-2H3,(H,23,25). The van der Waals surface area contributed by atoms with Gasteiger partial charge in [-0.2, -0.15) is 0 Å². The molecule has 9 heteroatoms. The SMILES string of the molecule is CCOC(=O)CC(NC(=O)c1ccc(S(=O)(=O)NCCOC)cc1)c1ccccc1. The first kappa shape index (κ1) is 23.5. The smallest absolute Gasteiger partial charge is 0.308 e. The average Bonchev–Trinajstić information content (AvgIpc) is 2.74. The molecule has 162 valence electrons. The number of ether oxygens (including phenoxy) is 2. The minimum Gasteiger partial charge on any atom is -0.466 e. The van der Waals surface area contributed by atoms with Crippen LogP contribution in [0.1, 0.15) is 35.3 Å². The van der Waals surface area contributed by atoms with Crippen LogP contribution in [0.4, 0.5) is 0 Å². The Balaban J connectivity index is 2.12. The number of carbonyl (C=O) groups excluding carboxylic acids is 2. The van der Waals surface area contributed by atoms with Gasteiger partial charge in [-0.15, -0.1) is 0 Å². The van der Waals surface area contributed by atoms with Crippen molar-refractivity contribution in [2.24, 2.45) is 0 Å². The maximum atomic E-state index is 12.7. The Bertz CT molecular complexity index is 930. The summed E-state index contributed by atoms with van der Waals surface area (Å²) in [5, 5.41) is 2.82. The summed E-state index contributed by atoms with van der Waals surface area (Å²) in [6, 6.07) is 14.1. The topological polar surface area (TPSA) is 111 Å². The van der Waals surface area contributed by atoms with Crippen LogP contribution in [0, 0.1) is 0 Å². The quantitative estimate of drug-likeness (QED) is 0.414. The van der Waals surface area contributed by atoms with Crippen molar-refractivity contribution in [1.82, 2.24) is 10.0 Å². The lowest BCUT2D eigenvalue weighted by Gasteiger charge is -2.18. The minimum atomic E-state index is -3.69. The van der Waals surface area contributed by atoms with Crippen LogP contribution in [-0.2, 0) is 24.3 Å². The maximum absolute atomic E-state index is 12.7. The molecule has 0 aliphatic heterocycles. The molecule has 2 N–H and O–H groups in total. The van der Waals surface area contributed by atoms with Crippen molar-refractivity contribution in [3.8, 4) is 0 Å². The van der Waals surface area contributed by atoms with Crippen LogP contribution >= 0.6 is 0 Å². The van der Waals surface area contributed by atoms with E-state index in [1.807, 2.05) is 30.3 Å². The third-order valence-electron chi connectivity index (χ3n) is 4.21. The third kappa shape index (κ3) is 6.94. The van der Waals surface area contributed by atoms with E-state index in [0.29, 0.717) is 0 Å². The van der Waals surface area contributed by atoms with Gasteiger partial charge in [0.15, 0.2) is 0 Å². The summed E-state index contributed by atoms with van der Waals surface area (Å²) >= 11 is 0. The predicted molar refractivity (Wildman–Crippen MR) is 111 cm³/mol. The fourth-order valence-corrected chi connectivity index (χ4v) is 3.73. The molecule has 0 saturated heterocycles. The normalized spacial score (nSPS) is 12.2. The molecule has 0 fully saturated rings. The molecule has 2 rings (SSSR count). The van der Waals surface area contributed by atoms with Gasteiger partial charge < -0.3 is 14.8 Å². The van der Waals surface area contributed by atoms with Gasteiger partial charge >= 0.3 is 5.97 Å². The van der Waals surface area contributed by atoms with E-state index in [9.17, 15) is 18.0 Å². The zero-order valence-electron chi connectivity index (χ0n) is 17.0. The van der Waals surface area contributed by atoms with Crippen LogP contribution < -0.4 is 10.0 Å². The van der Waals surface area contributed by atoms with Crippen molar-refractivity contribution >= 4 is 21.9 Å². The average molecular weight is 435 g/mol. The number of amides is 1. The van der Waals surface area contributed by atoms with Gasteiger partial charge in [-0.1, -0.05) is 30.3 Å². The van der Waals surface area contributed by atoms with Crippen molar-refractivity contribution < 1.29 is 27.5 Å². The number of hydrogen-bond acceptors (Lipinski definition) is 6. The van der Waals surface area contributed by atoms with Crippen LogP contribution in [0.25, 0.3) is 0 Å². The van der Waals surface area contributed by atoms with Gasteiger partial charge in [0.25, 0.3) is 5.91 Å². The van der Waals surface area contributed by atoms with E-state index in [1.165, 1.54) is 31.4 Å². The summed E-state index contributed by atoms with van der Waals surface area (Å²) < 4.78 is 36.7. The number of rotatable bonds is 11. The molecule has 8 nitrogen and oxygen atoms in total. The lowest BCUT2D eigenvalue weighted by molar-refractivity contribution is -0.143. The van der Waals surface area contributed by atoms with E-state index in [1.54, 1.807) is 6.92 Å². The first-order valence-electron chi connectivity index (χ1n) is 9.47. The molecule has 0 bridgehead atoms. The predicted octanol–water partition coefficient (Wildman–Crippen LogP) is 2.04. The van der Waals surface area contributed by atoms with Crippen molar-refractivity contribution in [2.45, 2.75) is 24.3 Å². The summed E-state index contributed by atoms with van der Waals surface area (Å²) in [5.41, 5.74) is 1.04. The van der Waals surface area contributed by atoms with E-state index in [0.717, 1.165) is 5.56 Å². The fourth-order valence-electron chi connectivity index (χ4n) is 2.71. The van der Waals surface area contributed by atoms with Gasteiger partial charge in [0, 0.05) is 19.2 Å². The van der Waals surface area contributed by atoms with Gasteiger partial charge in [-0.25, -0.2) is 13.1 Å². The Morgan fingerprint density at radius 1 is 1.03 bits per heavy atom. The monoisotopic (exact) mass is 434 g/mol. The van der Waals surface area contributed by atoms with Crippen molar-refractivity contribution in [1.29, 1.82) is 0 Å². The fraction of sp³-hybridized carbons (Fsp3) is 0.333. The van der Waals surface area contributed by atoms with Gasteiger partial charge in [0.1, 0.15) is 0 Å². The zero-order valence-corrected chi connectivity index (χ0v) is 17.8. The second-order valence-electron chi connectivity index (χ2n) is 6.36. The molecular formula is C21H26N2O6S. The highest BCUT2D eigenvalue weighted by molar-refractivity contribution is 7.89. The van der Waals surface area contributed by atoms with Crippen LogP contribution in [0.15, 0.2) is 59.5 Å². The Morgan fingerprint density at radius 2 is 1.70 bits per heavy atom. The number of methoxy groups -OCH3 is 1. The molecule has 30 heavy (non-hydrogen) atoms. The first-order valence-corrected chi connectivity index (χ1v) is 11.0. The van der Waals surface area contributed by atoms with Crippen molar-refractivity contribution in [3.63, 3.8) is 0 Å². The van der Waals surface area contributed by atoms with E-state index in [-0.39, 0.29) is 36.6 Å². The lowest BCUT2D eigenvalue weighted by Crippen LogP contribution is -2.31. The molecule has 0 aromatic heterocycles. The van der Waals surface area contributed by atoms with E-state index in [2.05, 4.69) is 10.0 Å². The molecule has 0 aliphatic rings. The second-order valence-corrected chi connectivity index (χ2v) is 8.13. The first-order chi connectivity index (χ1) is 14.4. The Morgan fingerprint density at radius 3 is 2.30 bits per heavy atom. The van der Waals surface area contributed by atoms with Crippen molar-refractivity contribution in [2.75, 3.05) is 26.9 Å². The number of esters is 1. The lowest BCUT2D eigenvalue weighted by atomic mass is 10.0. The molecule has 1 amide bonds. The van der Waals surface area contributed by atoms with E-state index < -0.39 is 27.9 Å². The molecular weight excluding hydrogens is 408 g/mol. The second kappa shape index (κ2) is 11.4. The maximum Gasteiger partial charge on any atom is 0.308 e. The highest BCUT2D eigenvalue weighted by Crippen LogP contribution is 2.19. The number of nitrogens with one attached hydrogen (secondary N) is 2. The Kier molecular flexibility index (Phi) is 8.97. The number of carbonyl (C=O) groups is 2. The molecule has 1 atom stereocenters. The molecule has 0 saturated carbocycles. The van der Waals surface area contributed by atoms with Crippen LogP contribution in [0.5, 0.6) is 0 Å². The molecule has 2 aromatic carbocycles. The number of hydrogen-bond donors (Lipinski definition) is 2. The minimum absolute atomic E-state index is 0.0144. The summed E-state index contributed by atoms with van der Waals surface area (Å²) in [7, 11) is -2.21. The molecule has 0 radical (unpaired) electrons. The molecule has 0 aliphatic carbocycles. The molecule has 2 aromatic rings. The summed E-state index contributed by atoms with van der Waals surface area (Å²) in [4.78, 5) is 24.7. The zero-order chi connectivity index (χ0) is 22.0. The summed E-state index contributed by atoms with van der Waals surface area (Å²) in [6.07, 6.45) is -0.0144.